The van der Waals surface area contributed by atoms with Crippen LogP contribution in [0.15, 0.2) is 0 Å². The van der Waals surface area contributed by atoms with Gasteiger partial charge in [-0.3, -0.25) is 0 Å². The molecular formula is C8H12ClN5O4. The van der Waals surface area contributed by atoms with Crippen LogP contribution < -0.4 is 10.6 Å². The third-order valence-corrected chi connectivity index (χ3v) is 2.08. The van der Waals surface area contributed by atoms with E-state index in [9.17, 15) is 10.1 Å². The summed E-state index contributed by atoms with van der Waals surface area (Å²) in [5, 5.41) is 33.1. The predicted molar refractivity (Wildman–Crippen MR) is 64.8 cm³/mol. The van der Waals surface area contributed by atoms with Gasteiger partial charge in [0.2, 0.25) is 5.82 Å². The van der Waals surface area contributed by atoms with Gasteiger partial charge < -0.3 is 31.0 Å². The Kier molecular flexibility index (Phi) is 5.49. The molecule has 0 saturated carbocycles. The van der Waals surface area contributed by atoms with Gasteiger partial charge in [-0.1, -0.05) is 0 Å². The van der Waals surface area contributed by atoms with Crippen molar-refractivity contribution in [2.24, 2.45) is 0 Å². The van der Waals surface area contributed by atoms with Crippen LogP contribution in [-0.2, 0) is 0 Å². The lowest BCUT2D eigenvalue weighted by Crippen LogP contribution is -2.14. The van der Waals surface area contributed by atoms with Gasteiger partial charge in [-0.2, -0.15) is 0 Å². The minimum Gasteiger partial charge on any atom is -0.395 e. The van der Waals surface area contributed by atoms with Crippen LogP contribution in [0, 0.1) is 10.1 Å². The molecular weight excluding hydrogens is 266 g/mol. The summed E-state index contributed by atoms with van der Waals surface area (Å²) >= 11 is 5.72. The third kappa shape index (κ3) is 3.65. The second-order valence-electron chi connectivity index (χ2n) is 3.09. The molecule has 4 N–H and O–H groups in total. The predicted octanol–water partition coefficient (Wildman–Crippen LogP) is -0.153. The van der Waals surface area contributed by atoms with Crippen molar-refractivity contribution in [3.63, 3.8) is 0 Å². The summed E-state index contributed by atoms with van der Waals surface area (Å²) in [5.74, 6) is -0.501. The Hall–Kier alpha value is -1.71. The minimum absolute atomic E-state index is 0.0938. The largest absolute Gasteiger partial charge is 0.408 e. The van der Waals surface area contributed by atoms with E-state index in [2.05, 4.69) is 20.6 Å². The highest BCUT2D eigenvalue weighted by Gasteiger charge is 2.22. The first-order chi connectivity index (χ1) is 8.60. The first-order valence-corrected chi connectivity index (χ1v) is 5.39. The molecule has 100 valence electrons. The molecule has 0 bridgehead atoms. The van der Waals surface area contributed by atoms with Gasteiger partial charge in [0.25, 0.3) is 5.15 Å². The maximum Gasteiger partial charge on any atom is 0.408 e. The van der Waals surface area contributed by atoms with Crippen molar-refractivity contribution in [2.75, 3.05) is 36.9 Å². The zero-order valence-electron chi connectivity index (χ0n) is 9.26. The number of hydrogen-bond acceptors (Lipinski definition) is 8. The zero-order chi connectivity index (χ0) is 13.5. The zero-order valence-corrected chi connectivity index (χ0v) is 10.0. The number of aliphatic hydroxyl groups is 2. The van der Waals surface area contributed by atoms with Crippen LogP contribution in [0.2, 0.25) is 5.15 Å². The molecule has 0 unspecified atom stereocenters. The summed E-state index contributed by atoms with van der Waals surface area (Å²) in [5.41, 5.74) is 0. The molecule has 1 heterocycles. The van der Waals surface area contributed by atoms with Gasteiger partial charge in [0.05, 0.1) is 13.2 Å². The van der Waals surface area contributed by atoms with Gasteiger partial charge >= 0.3 is 5.82 Å². The van der Waals surface area contributed by atoms with Crippen molar-refractivity contribution in [1.29, 1.82) is 0 Å². The molecule has 0 spiro atoms. The highest BCUT2D eigenvalue weighted by atomic mass is 35.5. The van der Waals surface area contributed by atoms with Crippen molar-refractivity contribution in [3.8, 4) is 0 Å². The van der Waals surface area contributed by atoms with Crippen LogP contribution >= 0.6 is 11.6 Å². The Morgan fingerprint density at radius 1 is 1.17 bits per heavy atom. The van der Waals surface area contributed by atoms with Crippen molar-refractivity contribution >= 4 is 29.1 Å². The second kappa shape index (κ2) is 6.89. The molecule has 9 nitrogen and oxygen atoms in total. The quantitative estimate of drug-likeness (QED) is 0.399. The monoisotopic (exact) mass is 277 g/mol. The summed E-state index contributed by atoms with van der Waals surface area (Å²) < 4.78 is 0. The van der Waals surface area contributed by atoms with E-state index in [4.69, 9.17) is 21.8 Å². The number of rotatable bonds is 7. The number of aliphatic hydroxyl groups excluding tert-OH is 2. The molecule has 0 amide bonds. The highest BCUT2D eigenvalue weighted by Crippen LogP contribution is 2.26. The SMILES string of the molecule is O=[N+]([O-])c1nc(Cl)c(NCCO)nc1NCCO. The van der Waals surface area contributed by atoms with Crippen molar-refractivity contribution < 1.29 is 15.1 Å². The van der Waals surface area contributed by atoms with Crippen molar-refractivity contribution in [3.05, 3.63) is 15.3 Å². The van der Waals surface area contributed by atoms with Gasteiger partial charge in [-0.25, -0.2) is 4.98 Å². The van der Waals surface area contributed by atoms with Gasteiger partial charge in [0, 0.05) is 13.1 Å². The van der Waals surface area contributed by atoms with Gasteiger partial charge in [0.15, 0.2) is 5.82 Å². The molecule has 1 aromatic heterocycles. The molecule has 1 rings (SSSR count). The molecule has 18 heavy (non-hydrogen) atoms. The van der Waals surface area contributed by atoms with E-state index in [1.165, 1.54) is 0 Å². The van der Waals surface area contributed by atoms with Crippen LogP contribution in [0.1, 0.15) is 0 Å². The summed E-state index contributed by atoms with van der Waals surface area (Å²) in [6.45, 7) is -0.0719. The van der Waals surface area contributed by atoms with Crippen LogP contribution in [0.25, 0.3) is 0 Å². The lowest BCUT2D eigenvalue weighted by Gasteiger charge is -2.07. The Bertz CT molecular complexity index is 430. The van der Waals surface area contributed by atoms with E-state index < -0.39 is 10.7 Å². The Labute approximate surface area is 107 Å². The first-order valence-electron chi connectivity index (χ1n) is 5.01. The van der Waals surface area contributed by atoms with Crippen LogP contribution in [0.5, 0.6) is 0 Å². The van der Waals surface area contributed by atoms with Crippen molar-refractivity contribution in [1.82, 2.24) is 9.97 Å². The molecule has 0 aliphatic carbocycles. The topological polar surface area (TPSA) is 133 Å². The fraction of sp³-hybridized carbons (Fsp3) is 0.500. The normalized spacial score (nSPS) is 10.2. The number of nitrogens with one attached hydrogen (secondary N) is 2. The maximum atomic E-state index is 10.7. The molecule has 0 aromatic carbocycles. The number of nitro groups is 1. The van der Waals surface area contributed by atoms with E-state index in [1.54, 1.807) is 0 Å². The molecule has 0 aliphatic rings. The fourth-order valence-corrected chi connectivity index (χ4v) is 1.30. The number of anilines is 2. The maximum absolute atomic E-state index is 10.7. The van der Waals surface area contributed by atoms with Crippen LogP contribution in [0.4, 0.5) is 17.5 Å². The lowest BCUT2D eigenvalue weighted by atomic mass is 10.5. The number of nitrogens with zero attached hydrogens (tertiary/aromatic N) is 3. The van der Waals surface area contributed by atoms with Crippen LogP contribution in [0.3, 0.4) is 0 Å². The fourth-order valence-electron chi connectivity index (χ4n) is 1.11. The molecule has 1 aromatic rings. The van der Waals surface area contributed by atoms with Gasteiger partial charge in [-0.15, -0.1) is 0 Å². The number of hydrogen-bond donors (Lipinski definition) is 4. The molecule has 10 heteroatoms. The Balaban J connectivity index is 3.05. The number of halogens is 1. The first kappa shape index (κ1) is 14.4. The standard InChI is InChI=1S/C8H12ClN5O4/c9-5-6(10-1-3-15)13-7(11-2-4-16)8(12-5)14(17)18/h15-16H,1-4H2,(H2,10,11,13). The summed E-state index contributed by atoms with van der Waals surface area (Å²) in [4.78, 5) is 17.5. The second-order valence-corrected chi connectivity index (χ2v) is 3.45. The summed E-state index contributed by atoms with van der Waals surface area (Å²) in [6, 6.07) is 0. The average molecular weight is 278 g/mol. The van der Waals surface area contributed by atoms with E-state index in [0.29, 0.717) is 0 Å². The smallest absolute Gasteiger partial charge is 0.395 e. The Morgan fingerprint density at radius 2 is 1.72 bits per heavy atom. The average Bonchev–Trinajstić information content (AvgIpc) is 2.35. The molecule has 0 fully saturated rings. The molecule has 0 saturated heterocycles. The number of aromatic nitrogens is 2. The van der Waals surface area contributed by atoms with Crippen molar-refractivity contribution in [2.45, 2.75) is 0 Å². The van der Waals surface area contributed by atoms with E-state index in [1.807, 2.05) is 0 Å². The summed E-state index contributed by atoms with van der Waals surface area (Å²) in [7, 11) is 0. The third-order valence-electron chi connectivity index (χ3n) is 1.82. The molecule has 0 radical (unpaired) electrons. The highest BCUT2D eigenvalue weighted by molar-refractivity contribution is 6.31. The molecule has 0 atom stereocenters. The van der Waals surface area contributed by atoms with Gasteiger partial charge in [0.1, 0.15) is 0 Å². The lowest BCUT2D eigenvalue weighted by molar-refractivity contribution is -0.388. The van der Waals surface area contributed by atoms with E-state index >= 15 is 0 Å². The van der Waals surface area contributed by atoms with Gasteiger partial charge in [-0.05, 0) is 21.5 Å². The van der Waals surface area contributed by atoms with E-state index in [-0.39, 0.29) is 43.1 Å². The molecule has 0 aliphatic heterocycles. The van der Waals surface area contributed by atoms with Crippen LogP contribution in [-0.4, -0.2) is 51.4 Å². The van der Waals surface area contributed by atoms with E-state index in [0.717, 1.165) is 0 Å². The Morgan fingerprint density at radius 3 is 2.22 bits per heavy atom. The summed E-state index contributed by atoms with van der Waals surface area (Å²) in [6.07, 6.45) is 0. The minimum atomic E-state index is -0.728.